The van der Waals surface area contributed by atoms with E-state index < -0.39 is 0 Å². The molecule has 1 saturated carbocycles. The van der Waals surface area contributed by atoms with Gasteiger partial charge in [-0.15, -0.1) is 0 Å². The summed E-state index contributed by atoms with van der Waals surface area (Å²) in [6.45, 7) is 3.98. The van der Waals surface area contributed by atoms with Crippen molar-refractivity contribution < 1.29 is 0 Å². The van der Waals surface area contributed by atoms with Gasteiger partial charge in [-0.1, -0.05) is 44.0 Å². The highest BCUT2D eigenvalue weighted by Gasteiger charge is 2.20. The SMILES string of the molecule is CCc1ccccc1C(CN)NCCCC1CC1. The standard InChI is InChI=1S/C16H26N2/c1-2-14-7-3-4-8-15(14)16(12-17)18-11-5-6-13-9-10-13/h3-4,7-8,13,16,18H,2,5-6,9-12,17H2,1H3. The van der Waals surface area contributed by atoms with Crippen LogP contribution in [0.5, 0.6) is 0 Å². The van der Waals surface area contributed by atoms with E-state index in [4.69, 9.17) is 5.73 Å². The molecule has 1 unspecified atom stereocenters. The lowest BCUT2D eigenvalue weighted by Gasteiger charge is -2.20. The van der Waals surface area contributed by atoms with Crippen molar-refractivity contribution in [1.82, 2.24) is 5.32 Å². The fraction of sp³-hybridized carbons (Fsp3) is 0.625. The fourth-order valence-corrected chi connectivity index (χ4v) is 2.59. The lowest BCUT2D eigenvalue weighted by molar-refractivity contribution is 0.509. The van der Waals surface area contributed by atoms with E-state index in [9.17, 15) is 0 Å². The molecule has 0 bridgehead atoms. The van der Waals surface area contributed by atoms with Crippen LogP contribution in [0.25, 0.3) is 0 Å². The summed E-state index contributed by atoms with van der Waals surface area (Å²) < 4.78 is 0. The molecule has 0 aromatic heterocycles. The van der Waals surface area contributed by atoms with E-state index in [1.54, 1.807) is 0 Å². The van der Waals surface area contributed by atoms with Gasteiger partial charge in [0, 0.05) is 12.6 Å². The maximum Gasteiger partial charge on any atom is 0.0447 e. The highest BCUT2D eigenvalue weighted by atomic mass is 14.9. The summed E-state index contributed by atoms with van der Waals surface area (Å²) in [5.41, 5.74) is 8.72. The third-order valence-corrected chi connectivity index (χ3v) is 3.92. The van der Waals surface area contributed by atoms with Gasteiger partial charge < -0.3 is 11.1 Å². The first-order valence-electron chi connectivity index (χ1n) is 7.36. The number of hydrogen-bond donors (Lipinski definition) is 2. The Bertz CT molecular complexity index is 358. The van der Waals surface area contributed by atoms with Crippen molar-refractivity contribution in [2.75, 3.05) is 13.1 Å². The number of rotatable bonds is 8. The zero-order valence-electron chi connectivity index (χ0n) is 11.5. The van der Waals surface area contributed by atoms with Gasteiger partial charge in [0.15, 0.2) is 0 Å². The predicted molar refractivity (Wildman–Crippen MR) is 77.6 cm³/mol. The molecule has 2 rings (SSSR count). The Morgan fingerprint density at radius 1 is 1.33 bits per heavy atom. The molecule has 3 N–H and O–H groups in total. The van der Waals surface area contributed by atoms with Crippen molar-refractivity contribution in [3.05, 3.63) is 35.4 Å². The van der Waals surface area contributed by atoms with Crippen LogP contribution in [0.3, 0.4) is 0 Å². The van der Waals surface area contributed by atoms with Crippen LogP contribution in [0.4, 0.5) is 0 Å². The molecular weight excluding hydrogens is 220 g/mol. The van der Waals surface area contributed by atoms with Gasteiger partial charge in [0.1, 0.15) is 0 Å². The molecule has 2 heteroatoms. The highest BCUT2D eigenvalue weighted by Crippen LogP contribution is 2.33. The average molecular weight is 246 g/mol. The van der Waals surface area contributed by atoms with Gasteiger partial charge in [0.2, 0.25) is 0 Å². The molecular formula is C16H26N2. The first-order chi connectivity index (χ1) is 8.85. The number of nitrogens with two attached hydrogens (primary N) is 1. The topological polar surface area (TPSA) is 38.0 Å². The molecule has 1 aliphatic rings. The van der Waals surface area contributed by atoms with Crippen molar-refractivity contribution in [3.63, 3.8) is 0 Å². The second kappa shape index (κ2) is 6.91. The summed E-state index contributed by atoms with van der Waals surface area (Å²) in [6.07, 6.45) is 6.67. The molecule has 1 aromatic rings. The van der Waals surface area contributed by atoms with E-state index in [1.807, 2.05) is 0 Å². The van der Waals surface area contributed by atoms with E-state index in [2.05, 4.69) is 36.5 Å². The van der Waals surface area contributed by atoms with Crippen molar-refractivity contribution in [3.8, 4) is 0 Å². The smallest absolute Gasteiger partial charge is 0.0447 e. The number of benzene rings is 1. The number of nitrogens with one attached hydrogen (secondary N) is 1. The first kappa shape index (κ1) is 13.6. The third-order valence-electron chi connectivity index (χ3n) is 3.92. The third kappa shape index (κ3) is 3.82. The minimum Gasteiger partial charge on any atom is -0.329 e. The Hall–Kier alpha value is -0.860. The molecule has 0 heterocycles. The molecule has 0 radical (unpaired) electrons. The summed E-state index contributed by atoms with van der Waals surface area (Å²) in [5, 5.41) is 3.62. The summed E-state index contributed by atoms with van der Waals surface area (Å²) in [5.74, 6) is 1.03. The van der Waals surface area contributed by atoms with E-state index in [0.717, 1.165) is 18.9 Å². The van der Waals surface area contributed by atoms with Crippen molar-refractivity contribution in [2.45, 2.75) is 45.1 Å². The quantitative estimate of drug-likeness (QED) is 0.692. The summed E-state index contributed by atoms with van der Waals surface area (Å²) in [4.78, 5) is 0. The van der Waals surface area contributed by atoms with Crippen LogP contribution in [-0.2, 0) is 6.42 Å². The number of aryl methyl sites for hydroxylation is 1. The Morgan fingerprint density at radius 3 is 2.78 bits per heavy atom. The van der Waals surface area contributed by atoms with Crippen LogP contribution in [0.2, 0.25) is 0 Å². The monoisotopic (exact) mass is 246 g/mol. The first-order valence-corrected chi connectivity index (χ1v) is 7.36. The fourth-order valence-electron chi connectivity index (χ4n) is 2.59. The number of hydrogen-bond acceptors (Lipinski definition) is 2. The van der Waals surface area contributed by atoms with E-state index in [1.165, 1.54) is 36.8 Å². The Labute approximate surface area is 111 Å². The normalized spacial score (nSPS) is 16.8. The molecule has 0 amide bonds. The van der Waals surface area contributed by atoms with Crippen LogP contribution >= 0.6 is 0 Å². The van der Waals surface area contributed by atoms with Gasteiger partial charge in [-0.05, 0) is 42.9 Å². The van der Waals surface area contributed by atoms with Gasteiger partial charge in [-0.3, -0.25) is 0 Å². The van der Waals surface area contributed by atoms with E-state index in [0.29, 0.717) is 12.6 Å². The summed E-state index contributed by atoms with van der Waals surface area (Å²) in [7, 11) is 0. The van der Waals surface area contributed by atoms with Gasteiger partial charge in [0.25, 0.3) is 0 Å². The highest BCUT2D eigenvalue weighted by molar-refractivity contribution is 5.30. The molecule has 18 heavy (non-hydrogen) atoms. The zero-order chi connectivity index (χ0) is 12.8. The molecule has 1 atom stereocenters. The Morgan fingerprint density at radius 2 is 2.11 bits per heavy atom. The second-order valence-electron chi connectivity index (χ2n) is 5.38. The van der Waals surface area contributed by atoms with Gasteiger partial charge in [0.05, 0.1) is 0 Å². The Kier molecular flexibility index (Phi) is 5.21. The molecule has 2 nitrogen and oxygen atoms in total. The molecule has 100 valence electrons. The second-order valence-corrected chi connectivity index (χ2v) is 5.38. The van der Waals surface area contributed by atoms with Crippen molar-refractivity contribution in [1.29, 1.82) is 0 Å². The Balaban J connectivity index is 1.85. The largest absolute Gasteiger partial charge is 0.329 e. The summed E-state index contributed by atoms with van der Waals surface area (Å²) >= 11 is 0. The zero-order valence-corrected chi connectivity index (χ0v) is 11.5. The van der Waals surface area contributed by atoms with Crippen molar-refractivity contribution >= 4 is 0 Å². The summed E-state index contributed by atoms with van der Waals surface area (Å²) in [6, 6.07) is 8.97. The maximum absolute atomic E-state index is 5.92. The molecule has 0 saturated heterocycles. The van der Waals surface area contributed by atoms with Crippen LogP contribution < -0.4 is 11.1 Å². The molecule has 1 aromatic carbocycles. The van der Waals surface area contributed by atoms with Crippen LogP contribution in [-0.4, -0.2) is 13.1 Å². The lowest BCUT2D eigenvalue weighted by Crippen LogP contribution is -2.29. The van der Waals surface area contributed by atoms with E-state index in [-0.39, 0.29) is 0 Å². The lowest BCUT2D eigenvalue weighted by atomic mass is 9.98. The van der Waals surface area contributed by atoms with Crippen LogP contribution in [0.15, 0.2) is 24.3 Å². The minimum atomic E-state index is 0.320. The van der Waals surface area contributed by atoms with Crippen LogP contribution in [0.1, 0.15) is 49.8 Å². The van der Waals surface area contributed by atoms with E-state index >= 15 is 0 Å². The van der Waals surface area contributed by atoms with Gasteiger partial charge in [-0.2, -0.15) is 0 Å². The van der Waals surface area contributed by atoms with Gasteiger partial charge >= 0.3 is 0 Å². The molecule has 0 spiro atoms. The van der Waals surface area contributed by atoms with Crippen LogP contribution in [0, 0.1) is 5.92 Å². The molecule has 0 aliphatic heterocycles. The minimum absolute atomic E-state index is 0.320. The molecule has 1 fully saturated rings. The molecule has 1 aliphatic carbocycles. The maximum atomic E-state index is 5.92. The van der Waals surface area contributed by atoms with Crippen molar-refractivity contribution in [2.24, 2.45) is 11.7 Å². The predicted octanol–water partition coefficient (Wildman–Crippen LogP) is 3.03. The van der Waals surface area contributed by atoms with Gasteiger partial charge in [-0.25, -0.2) is 0 Å². The average Bonchev–Trinajstić information content (AvgIpc) is 3.23.